The smallest absolute Gasteiger partial charge is 0.260 e. The minimum atomic E-state index is -0.476. The lowest BCUT2D eigenvalue weighted by molar-refractivity contribution is -0.136. The van der Waals surface area contributed by atoms with E-state index < -0.39 is 5.82 Å². The van der Waals surface area contributed by atoms with Gasteiger partial charge in [-0.05, 0) is 25.1 Å². The Labute approximate surface area is 120 Å². The number of halogens is 2. The first-order valence-corrected chi connectivity index (χ1v) is 6.95. The number of nitrogens with one attached hydrogen (secondary N) is 1. The van der Waals surface area contributed by atoms with Crippen LogP contribution in [0.4, 0.5) is 4.39 Å². The Hall–Kier alpha value is -1.14. The average molecular weight is 331 g/mol. The van der Waals surface area contributed by atoms with Gasteiger partial charge in [-0.25, -0.2) is 4.39 Å². The first-order chi connectivity index (χ1) is 9.08. The van der Waals surface area contributed by atoms with Crippen LogP contribution in [-0.2, 0) is 4.79 Å². The number of nitrogens with zero attached hydrogens (tertiary/aromatic N) is 1. The molecule has 2 rings (SSSR count). The summed E-state index contributed by atoms with van der Waals surface area (Å²) < 4.78 is 19.4. The normalized spacial score (nSPS) is 19.3. The van der Waals surface area contributed by atoms with Crippen LogP contribution in [0.2, 0.25) is 0 Å². The molecular weight excluding hydrogens is 315 g/mol. The predicted molar refractivity (Wildman–Crippen MR) is 73.6 cm³/mol. The van der Waals surface area contributed by atoms with Crippen molar-refractivity contribution in [3.8, 4) is 5.75 Å². The molecule has 0 radical (unpaired) electrons. The summed E-state index contributed by atoms with van der Waals surface area (Å²) in [6.07, 6.45) is 0. The van der Waals surface area contributed by atoms with E-state index in [9.17, 15) is 9.18 Å². The molecule has 19 heavy (non-hydrogen) atoms. The van der Waals surface area contributed by atoms with E-state index in [2.05, 4.69) is 21.2 Å². The van der Waals surface area contributed by atoms with Crippen LogP contribution in [0.5, 0.6) is 5.75 Å². The van der Waals surface area contributed by atoms with Crippen LogP contribution >= 0.6 is 15.9 Å². The van der Waals surface area contributed by atoms with Crippen LogP contribution in [0.3, 0.4) is 0 Å². The van der Waals surface area contributed by atoms with Crippen molar-refractivity contribution in [2.75, 3.05) is 26.2 Å². The number of rotatable bonds is 3. The fourth-order valence-electron chi connectivity index (χ4n) is 2.03. The van der Waals surface area contributed by atoms with Crippen LogP contribution < -0.4 is 10.1 Å². The summed E-state index contributed by atoms with van der Waals surface area (Å²) in [5.74, 6) is -0.494. The van der Waals surface area contributed by atoms with Gasteiger partial charge in [0, 0.05) is 30.1 Å². The number of ether oxygens (including phenoxy) is 1. The number of carbonyl (C=O) groups is 1. The zero-order valence-corrected chi connectivity index (χ0v) is 12.2. The summed E-state index contributed by atoms with van der Waals surface area (Å²) in [6.45, 7) is 4.06. The fourth-order valence-corrected chi connectivity index (χ4v) is 2.36. The van der Waals surface area contributed by atoms with Crippen molar-refractivity contribution in [3.63, 3.8) is 0 Å². The number of piperazine rings is 1. The van der Waals surface area contributed by atoms with Crippen molar-refractivity contribution in [1.82, 2.24) is 10.2 Å². The van der Waals surface area contributed by atoms with Gasteiger partial charge >= 0.3 is 0 Å². The maximum Gasteiger partial charge on any atom is 0.260 e. The van der Waals surface area contributed by atoms with E-state index in [1.54, 1.807) is 11.0 Å². The van der Waals surface area contributed by atoms with Crippen LogP contribution in [0.1, 0.15) is 6.92 Å². The summed E-state index contributed by atoms with van der Waals surface area (Å²) >= 11 is 3.17. The number of amides is 1. The number of hydrogen-bond acceptors (Lipinski definition) is 3. The van der Waals surface area contributed by atoms with Gasteiger partial charge in [0.25, 0.3) is 5.91 Å². The Kier molecular flexibility index (Phi) is 4.76. The van der Waals surface area contributed by atoms with Crippen LogP contribution in [0.15, 0.2) is 22.7 Å². The van der Waals surface area contributed by atoms with Crippen LogP contribution in [-0.4, -0.2) is 43.1 Å². The van der Waals surface area contributed by atoms with Gasteiger partial charge in [-0.3, -0.25) is 4.79 Å². The molecule has 0 spiro atoms. The predicted octanol–water partition coefficient (Wildman–Crippen LogP) is 1.79. The summed E-state index contributed by atoms with van der Waals surface area (Å²) in [6, 6.07) is 4.64. The first kappa shape index (κ1) is 14.3. The molecule has 6 heteroatoms. The molecule has 1 aliphatic rings. The van der Waals surface area contributed by atoms with E-state index in [4.69, 9.17) is 4.74 Å². The maximum absolute atomic E-state index is 13.5. The van der Waals surface area contributed by atoms with E-state index >= 15 is 0 Å². The Morgan fingerprint density at radius 3 is 3.11 bits per heavy atom. The van der Waals surface area contributed by atoms with Gasteiger partial charge in [0.05, 0.1) is 0 Å². The minimum absolute atomic E-state index is 0.0966. The Morgan fingerprint density at radius 2 is 2.42 bits per heavy atom. The van der Waals surface area contributed by atoms with Crippen LogP contribution in [0.25, 0.3) is 0 Å². The first-order valence-electron chi connectivity index (χ1n) is 6.16. The van der Waals surface area contributed by atoms with Crippen molar-refractivity contribution in [1.29, 1.82) is 0 Å². The van der Waals surface area contributed by atoms with E-state index in [1.807, 2.05) is 6.92 Å². The molecule has 0 aliphatic carbocycles. The number of carbonyl (C=O) groups excluding carboxylic acids is 1. The molecule has 1 amide bonds. The lowest BCUT2D eigenvalue weighted by atomic mass is 10.2. The molecular formula is C13H16BrFN2O2. The summed E-state index contributed by atoms with van der Waals surface area (Å²) in [5, 5.41) is 3.21. The topological polar surface area (TPSA) is 41.6 Å². The molecule has 1 fully saturated rings. The van der Waals surface area contributed by atoms with E-state index in [-0.39, 0.29) is 24.3 Å². The van der Waals surface area contributed by atoms with Gasteiger partial charge in [-0.1, -0.05) is 15.9 Å². The third-order valence-electron chi connectivity index (χ3n) is 3.07. The third-order valence-corrected chi connectivity index (χ3v) is 3.56. The number of benzene rings is 1. The summed E-state index contributed by atoms with van der Waals surface area (Å²) in [5.41, 5.74) is 0. The van der Waals surface area contributed by atoms with Crippen molar-refractivity contribution in [3.05, 3.63) is 28.5 Å². The van der Waals surface area contributed by atoms with Gasteiger partial charge in [0.15, 0.2) is 18.2 Å². The molecule has 0 unspecified atom stereocenters. The monoisotopic (exact) mass is 330 g/mol. The van der Waals surface area contributed by atoms with Gasteiger partial charge in [-0.15, -0.1) is 0 Å². The molecule has 0 saturated carbocycles. The van der Waals surface area contributed by atoms with Gasteiger partial charge in [-0.2, -0.15) is 0 Å². The second kappa shape index (κ2) is 6.34. The average Bonchev–Trinajstić information content (AvgIpc) is 2.38. The van der Waals surface area contributed by atoms with E-state index in [0.717, 1.165) is 13.1 Å². The largest absolute Gasteiger partial charge is 0.481 e. The Morgan fingerprint density at radius 1 is 1.63 bits per heavy atom. The third kappa shape index (κ3) is 3.67. The van der Waals surface area contributed by atoms with Gasteiger partial charge < -0.3 is 15.0 Å². The zero-order valence-electron chi connectivity index (χ0n) is 10.7. The van der Waals surface area contributed by atoms with Crippen molar-refractivity contribution >= 4 is 21.8 Å². The minimum Gasteiger partial charge on any atom is -0.481 e. The summed E-state index contributed by atoms with van der Waals surface area (Å²) in [7, 11) is 0. The quantitative estimate of drug-likeness (QED) is 0.918. The molecule has 1 N–H and O–H groups in total. The second-order valence-electron chi connectivity index (χ2n) is 4.50. The molecule has 1 saturated heterocycles. The SMILES string of the molecule is C[C@H]1CNCCN1C(=O)COc1ccc(Br)cc1F. The Balaban J connectivity index is 1.92. The van der Waals surface area contributed by atoms with Crippen molar-refractivity contribution < 1.29 is 13.9 Å². The van der Waals surface area contributed by atoms with E-state index in [1.165, 1.54) is 12.1 Å². The molecule has 1 aliphatic heterocycles. The molecule has 1 heterocycles. The van der Waals surface area contributed by atoms with Gasteiger partial charge in [0.2, 0.25) is 0 Å². The molecule has 0 aromatic heterocycles. The lowest BCUT2D eigenvalue weighted by Crippen LogP contribution is -2.53. The summed E-state index contributed by atoms with van der Waals surface area (Å²) in [4.78, 5) is 13.8. The standard InChI is InChI=1S/C13H16BrFN2O2/c1-9-7-16-4-5-17(9)13(18)8-19-12-3-2-10(14)6-11(12)15/h2-3,6,9,16H,4-5,7-8H2,1H3/t9-/m0/s1. The molecule has 1 atom stereocenters. The lowest BCUT2D eigenvalue weighted by Gasteiger charge is -2.33. The highest BCUT2D eigenvalue weighted by molar-refractivity contribution is 9.10. The molecule has 0 bridgehead atoms. The zero-order chi connectivity index (χ0) is 13.8. The molecule has 4 nitrogen and oxygen atoms in total. The van der Waals surface area contributed by atoms with E-state index in [0.29, 0.717) is 11.0 Å². The Bertz CT molecular complexity index is 470. The van der Waals surface area contributed by atoms with Crippen LogP contribution in [0, 0.1) is 5.82 Å². The highest BCUT2D eigenvalue weighted by Gasteiger charge is 2.23. The molecule has 1 aromatic rings. The molecule has 104 valence electrons. The highest BCUT2D eigenvalue weighted by atomic mass is 79.9. The molecule has 1 aromatic carbocycles. The highest BCUT2D eigenvalue weighted by Crippen LogP contribution is 2.21. The maximum atomic E-state index is 13.5. The van der Waals surface area contributed by atoms with Gasteiger partial charge in [0.1, 0.15) is 0 Å². The fraction of sp³-hybridized carbons (Fsp3) is 0.462. The van der Waals surface area contributed by atoms with Crippen molar-refractivity contribution in [2.45, 2.75) is 13.0 Å². The number of hydrogen-bond donors (Lipinski definition) is 1. The second-order valence-corrected chi connectivity index (χ2v) is 5.42. The van der Waals surface area contributed by atoms with Crippen molar-refractivity contribution in [2.24, 2.45) is 0 Å².